The molecule has 1 aromatic heterocycles. The summed E-state index contributed by atoms with van der Waals surface area (Å²) in [5, 5.41) is 3.94. The highest BCUT2D eigenvalue weighted by atomic mass is 16.5. The summed E-state index contributed by atoms with van der Waals surface area (Å²) in [5.41, 5.74) is 0.930. The van der Waals surface area contributed by atoms with Gasteiger partial charge in [0.1, 0.15) is 5.75 Å². The zero-order chi connectivity index (χ0) is 21.5. The number of hydrogen-bond donors (Lipinski definition) is 0. The maximum atomic E-state index is 12.6. The lowest BCUT2D eigenvalue weighted by molar-refractivity contribution is -0.139. The summed E-state index contributed by atoms with van der Waals surface area (Å²) in [6.07, 6.45) is 2.06. The summed E-state index contributed by atoms with van der Waals surface area (Å²) in [4.78, 5) is 33.1. The molecule has 2 aromatic rings. The van der Waals surface area contributed by atoms with Gasteiger partial charge in [0.15, 0.2) is 5.82 Å². The third-order valence-electron chi connectivity index (χ3n) is 5.26. The maximum Gasteiger partial charge on any atom is 0.227 e. The van der Waals surface area contributed by atoms with E-state index in [1.807, 2.05) is 47.9 Å². The molecule has 1 fully saturated rings. The Hall–Kier alpha value is -2.90. The van der Waals surface area contributed by atoms with Crippen molar-refractivity contribution in [2.24, 2.45) is 0 Å². The first-order valence-corrected chi connectivity index (χ1v) is 10.5. The van der Waals surface area contributed by atoms with Gasteiger partial charge in [-0.2, -0.15) is 4.98 Å². The van der Waals surface area contributed by atoms with Crippen LogP contribution in [0, 0.1) is 0 Å². The van der Waals surface area contributed by atoms with Crippen molar-refractivity contribution in [3.8, 4) is 5.75 Å². The van der Waals surface area contributed by atoms with Crippen LogP contribution < -0.4 is 4.74 Å². The molecule has 1 aromatic carbocycles. The van der Waals surface area contributed by atoms with Gasteiger partial charge < -0.3 is 19.1 Å². The van der Waals surface area contributed by atoms with Crippen molar-refractivity contribution >= 4 is 11.8 Å². The second-order valence-corrected chi connectivity index (χ2v) is 7.84. The molecule has 0 N–H and O–H groups in total. The normalized spacial score (nSPS) is 14.3. The lowest BCUT2D eigenvalue weighted by Crippen LogP contribution is -2.51. The number of aromatic nitrogens is 2. The van der Waals surface area contributed by atoms with E-state index in [2.05, 4.69) is 10.1 Å². The number of hydrogen-bond acceptors (Lipinski definition) is 6. The number of nitrogens with zero attached hydrogens (tertiary/aromatic N) is 4. The van der Waals surface area contributed by atoms with E-state index < -0.39 is 0 Å². The van der Waals surface area contributed by atoms with Gasteiger partial charge in [0.25, 0.3) is 0 Å². The van der Waals surface area contributed by atoms with Crippen LogP contribution in [0.3, 0.4) is 0 Å². The number of amides is 2. The first-order valence-electron chi connectivity index (χ1n) is 10.5. The van der Waals surface area contributed by atoms with Crippen LogP contribution in [0.15, 0.2) is 28.8 Å². The minimum atomic E-state index is 0.0766. The van der Waals surface area contributed by atoms with Gasteiger partial charge >= 0.3 is 0 Å². The molecule has 0 aliphatic carbocycles. The SMILES string of the molecule is COc1cccc(CC(=O)N2CCN(C(=O)CCCc3nc(C(C)C)no3)CC2)c1. The molecule has 3 rings (SSSR count). The van der Waals surface area contributed by atoms with Crippen molar-refractivity contribution in [1.29, 1.82) is 0 Å². The van der Waals surface area contributed by atoms with E-state index in [1.54, 1.807) is 7.11 Å². The van der Waals surface area contributed by atoms with Crippen LogP contribution in [0.5, 0.6) is 5.75 Å². The second-order valence-electron chi connectivity index (χ2n) is 7.84. The van der Waals surface area contributed by atoms with Gasteiger partial charge in [0.2, 0.25) is 17.7 Å². The van der Waals surface area contributed by atoms with Crippen molar-refractivity contribution in [2.75, 3.05) is 33.3 Å². The number of rotatable bonds is 8. The standard InChI is InChI=1S/C22H30N4O4/c1-16(2)22-23-19(30-24-22)8-5-9-20(27)25-10-12-26(13-11-25)21(28)15-17-6-4-7-18(14-17)29-3/h4,6-7,14,16H,5,8-13,15H2,1-3H3. The van der Waals surface area contributed by atoms with Crippen molar-refractivity contribution in [3.63, 3.8) is 0 Å². The maximum absolute atomic E-state index is 12.6. The van der Waals surface area contributed by atoms with Crippen LogP contribution in [0.4, 0.5) is 0 Å². The molecule has 0 radical (unpaired) electrons. The lowest BCUT2D eigenvalue weighted by Gasteiger charge is -2.35. The Morgan fingerprint density at radius 3 is 2.47 bits per heavy atom. The molecule has 0 spiro atoms. The van der Waals surface area contributed by atoms with Crippen LogP contribution in [0.25, 0.3) is 0 Å². The van der Waals surface area contributed by atoms with Gasteiger partial charge in [-0.25, -0.2) is 0 Å². The fraction of sp³-hybridized carbons (Fsp3) is 0.545. The summed E-state index contributed by atoms with van der Waals surface area (Å²) in [7, 11) is 1.61. The monoisotopic (exact) mass is 414 g/mol. The average molecular weight is 415 g/mol. The third-order valence-corrected chi connectivity index (χ3v) is 5.26. The summed E-state index contributed by atoms with van der Waals surface area (Å²) in [6, 6.07) is 7.55. The molecular formula is C22H30N4O4. The number of piperazine rings is 1. The fourth-order valence-electron chi connectivity index (χ4n) is 3.43. The molecule has 0 atom stereocenters. The molecule has 1 saturated heterocycles. The molecule has 0 saturated carbocycles. The van der Waals surface area contributed by atoms with Crippen molar-refractivity contribution in [1.82, 2.24) is 19.9 Å². The van der Waals surface area contributed by atoms with Crippen LogP contribution in [-0.4, -0.2) is 65.0 Å². The third kappa shape index (κ3) is 5.81. The minimum absolute atomic E-state index is 0.0766. The summed E-state index contributed by atoms with van der Waals surface area (Å²) in [6.45, 7) is 6.30. The number of benzene rings is 1. The highest BCUT2D eigenvalue weighted by molar-refractivity contribution is 5.80. The van der Waals surface area contributed by atoms with Crippen molar-refractivity contribution in [3.05, 3.63) is 41.5 Å². The Morgan fingerprint density at radius 1 is 1.13 bits per heavy atom. The highest BCUT2D eigenvalue weighted by Gasteiger charge is 2.24. The zero-order valence-corrected chi connectivity index (χ0v) is 18.0. The van der Waals surface area contributed by atoms with E-state index in [-0.39, 0.29) is 17.7 Å². The smallest absolute Gasteiger partial charge is 0.227 e. The summed E-state index contributed by atoms with van der Waals surface area (Å²) >= 11 is 0. The van der Waals surface area contributed by atoms with Crippen LogP contribution in [0.1, 0.15) is 49.9 Å². The molecule has 8 heteroatoms. The minimum Gasteiger partial charge on any atom is -0.497 e. The van der Waals surface area contributed by atoms with Crippen molar-refractivity contribution in [2.45, 2.75) is 45.4 Å². The molecule has 162 valence electrons. The van der Waals surface area contributed by atoms with Crippen LogP contribution in [-0.2, 0) is 22.4 Å². The second kappa shape index (κ2) is 10.2. The van der Waals surface area contributed by atoms with Gasteiger partial charge in [-0.3, -0.25) is 9.59 Å². The Balaban J connectivity index is 1.39. The Bertz CT molecular complexity index is 856. The van der Waals surface area contributed by atoms with E-state index in [4.69, 9.17) is 9.26 Å². The van der Waals surface area contributed by atoms with Gasteiger partial charge in [-0.1, -0.05) is 31.1 Å². The molecule has 0 bridgehead atoms. The number of carbonyl (C=O) groups is 2. The quantitative estimate of drug-likeness (QED) is 0.659. The van der Waals surface area contributed by atoms with E-state index >= 15 is 0 Å². The first kappa shape index (κ1) is 21.8. The predicted molar refractivity (Wildman–Crippen MR) is 111 cm³/mol. The topological polar surface area (TPSA) is 88.8 Å². The average Bonchev–Trinajstić information content (AvgIpc) is 3.23. The largest absolute Gasteiger partial charge is 0.497 e. The van der Waals surface area contributed by atoms with Crippen molar-refractivity contribution < 1.29 is 18.8 Å². The lowest BCUT2D eigenvalue weighted by atomic mass is 10.1. The number of carbonyl (C=O) groups excluding carboxylic acids is 2. The summed E-state index contributed by atoms with van der Waals surface area (Å²) < 4.78 is 10.4. The molecule has 30 heavy (non-hydrogen) atoms. The van der Waals surface area contributed by atoms with Gasteiger partial charge in [0.05, 0.1) is 13.5 Å². The first-order chi connectivity index (χ1) is 14.5. The number of methoxy groups -OCH3 is 1. The van der Waals surface area contributed by atoms with E-state index in [0.29, 0.717) is 63.6 Å². The Kier molecular flexibility index (Phi) is 7.43. The molecular weight excluding hydrogens is 384 g/mol. The van der Waals surface area contributed by atoms with E-state index in [1.165, 1.54) is 0 Å². The molecule has 2 heterocycles. The van der Waals surface area contributed by atoms with Crippen LogP contribution in [0.2, 0.25) is 0 Å². The molecule has 8 nitrogen and oxygen atoms in total. The van der Waals surface area contributed by atoms with Gasteiger partial charge in [-0.15, -0.1) is 0 Å². The Morgan fingerprint density at radius 2 is 1.83 bits per heavy atom. The molecule has 2 amide bonds. The number of ether oxygens (including phenoxy) is 1. The van der Waals surface area contributed by atoms with Gasteiger partial charge in [-0.05, 0) is 24.1 Å². The molecule has 1 aliphatic heterocycles. The van der Waals surface area contributed by atoms with E-state index in [0.717, 1.165) is 11.3 Å². The molecule has 1 aliphatic rings. The fourth-order valence-corrected chi connectivity index (χ4v) is 3.43. The Labute approximate surface area is 177 Å². The van der Waals surface area contributed by atoms with Crippen LogP contribution >= 0.6 is 0 Å². The highest BCUT2D eigenvalue weighted by Crippen LogP contribution is 2.15. The predicted octanol–water partition coefficient (Wildman–Crippen LogP) is 2.44. The number of aryl methyl sites for hydroxylation is 1. The summed E-state index contributed by atoms with van der Waals surface area (Å²) in [5.74, 6) is 2.44. The molecule has 0 unspecified atom stereocenters. The van der Waals surface area contributed by atoms with Gasteiger partial charge in [0, 0.05) is 44.9 Å². The van der Waals surface area contributed by atoms with E-state index in [9.17, 15) is 9.59 Å². The zero-order valence-electron chi connectivity index (χ0n) is 18.0.